The number of nitrogens with zero attached hydrogens (tertiary/aromatic N) is 3. The van der Waals surface area contributed by atoms with Crippen LogP contribution in [0.15, 0.2) is 56.5 Å². The van der Waals surface area contributed by atoms with Gasteiger partial charge in [0.05, 0.1) is 17.2 Å². The second-order valence-electron chi connectivity index (χ2n) is 8.48. The van der Waals surface area contributed by atoms with Crippen molar-refractivity contribution in [2.75, 3.05) is 20.3 Å². The second kappa shape index (κ2) is 12.0. The summed E-state index contributed by atoms with van der Waals surface area (Å²) in [4.78, 5) is 16.7. The lowest BCUT2D eigenvalue weighted by molar-refractivity contribution is -0.114. The van der Waals surface area contributed by atoms with Crippen molar-refractivity contribution in [2.24, 2.45) is 10.1 Å². The molecule has 2 aliphatic heterocycles. The summed E-state index contributed by atoms with van der Waals surface area (Å²) in [6, 6.07) is 11.7. The Labute approximate surface area is 229 Å². The van der Waals surface area contributed by atoms with Crippen LogP contribution in [0.1, 0.15) is 50.7 Å². The number of amidine groups is 2. The summed E-state index contributed by atoms with van der Waals surface area (Å²) in [5.74, 6) is 1.85. The van der Waals surface area contributed by atoms with Gasteiger partial charge in [0, 0.05) is 0 Å². The normalized spacial score (nSPS) is 16.9. The Hall–Kier alpha value is -3.11. The lowest BCUT2D eigenvalue weighted by Crippen LogP contribution is -2.35. The molecular formula is C27H29BrN4O4S. The predicted octanol–water partition coefficient (Wildman–Crippen LogP) is 6.46. The van der Waals surface area contributed by atoms with Crippen molar-refractivity contribution in [3.05, 3.63) is 57.6 Å². The molecule has 0 fully saturated rings. The highest BCUT2D eigenvalue weighted by Gasteiger charge is 2.35. The number of aliphatic imine (C=N–C) groups is 1. The van der Waals surface area contributed by atoms with Crippen LogP contribution in [-0.4, -0.2) is 47.3 Å². The van der Waals surface area contributed by atoms with Crippen LogP contribution >= 0.6 is 27.7 Å². The molecular weight excluding hydrogens is 556 g/mol. The largest absolute Gasteiger partial charge is 0.493 e. The lowest BCUT2D eigenvalue weighted by Gasteiger charge is -2.20. The number of ether oxygens (including phenoxy) is 3. The van der Waals surface area contributed by atoms with E-state index in [1.807, 2.05) is 19.1 Å². The first-order chi connectivity index (χ1) is 17.8. The summed E-state index contributed by atoms with van der Waals surface area (Å²) in [7, 11) is 1.55. The molecule has 2 aromatic rings. The molecule has 0 aliphatic carbocycles. The molecule has 0 saturated heterocycles. The highest BCUT2D eigenvalue weighted by Crippen LogP contribution is 2.38. The smallest absolute Gasteiger partial charge is 0.283 e. The van der Waals surface area contributed by atoms with Gasteiger partial charge in [-0.3, -0.25) is 10.2 Å². The van der Waals surface area contributed by atoms with Crippen LogP contribution in [0.2, 0.25) is 0 Å². The number of fused-ring (bicyclic) bond motifs is 1. The van der Waals surface area contributed by atoms with Gasteiger partial charge in [0.2, 0.25) is 5.17 Å². The number of carbonyl (C=O) groups excluding carboxylic acids is 1. The number of rotatable bonds is 10. The number of nitrogens with one attached hydrogen (secondary N) is 1. The maximum atomic E-state index is 12.6. The number of hydrogen-bond acceptors (Lipinski definition) is 7. The Morgan fingerprint density at radius 2 is 1.89 bits per heavy atom. The van der Waals surface area contributed by atoms with Gasteiger partial charge < -0.3 is 14.2 Å². The van der Waals surface area contributed by atoms with Gasteiger partial charge in [-0.2, -0.15) is 15.1 Å². The number of amides is 1. The SMILES string of the molecule is CCC1=NN2C(=N)C(=Cc3cc(Br)c(OCCOc4ccc(C(C)CC)cc4)c(OC)c3)C(=O)N=C2S1. The topological polar surface area (TPSA) is 96.6 Å². The number of methoxy groups -OCH3 is 1. The molecule has 1 amide bonds. The van der Waals surface area contributed by atoms with Crippen LogP contribution in [-0.2, 0) is 4.79 Å². The molecule has 4 rings (SSSR count). The highest BCUT2D eigenvalue weighted by molar-refractivity contribution is 9.10. The van der Waals surface area contributed by atoms with E-state index in [0.29, 0.717) is 52.3 Å². The Morgan fingerprint density at radius 3 is 2.57 bits per heavy atom. The van der Waals surface area contributed by atoms with Gasteiger partial charge in [-0.05, 0) is 87.9 Å². The first-order valence-electron chi connectivity index (χ1n) is 12.1. The van der Waals surface area contributed by atoms with Crippen molar-refractivity contribution in [3.63, 3.8) is 0 Å². The fourth-order valence-corrected chi connectivity index (χ4v) is 5.13. The van der Waals surface area contributed by atoms with Crippen molar-refractivity contribution in [1.29, 1.82) is 5.41 Å². The fraction of sp³-hybridized carbons (Fsp3) is 0.333. The lowest BCUT2D eigenvalue weighted by atomic mass is 9.99. The standard InChI is InChI=1S/C27H29BrN4O4S/c1-5-16(3)18-7-9-19(10-8-18)35-11-12-36-24-21(28)14-17(15-22(24)34-4)13-20-25(29)32-27(30-26(20)33)37-23(6-2)31-32/h7-10,13-16,29H,5-6,11-12H2,1-4H3. The monoisotopic (exact) mass is 584 g/mol. The molecule has 0 radical (unpaired) electrons. The van der Waals surface area contributed by atoms with E-state index >= 15 is 0 Å². The molecule has 2 aliphatic rings. The number of thioether (sulfide) groups is 1. The molecule has 0 spiro atoms. The molecule has 8 nitrogen and oxygen atoms in total. The molecule has 0 aromatic heterocycles. The number of carbonyl (C=O) groups is 1. The van der Waals surface area contributed by atoms with E-state index in [4.69, 9.17) is 19.6 Å². The third-order valence-corrected chi connectivity index (χ3v) is 7.66. The molecule has 37 heavy (non-hydrogen) atoms. The Bertz CT molecular complexity index is 1290. The summed E-state index contributed by atoms with van der Waals surface area (Å²) in [6.45, 7) is 7.03. The fourth-order valence-electron chi connectivity index (χ4n) is 3.74. The van der Waals surface area contributed by atoms with Gasteiger partial charge >= 0.3 is 0 Å². The summed E-state index contributed by atoms with van der Waals surface area (Å²) < 4.78 is 18.0. The summed E-state index contributed by atoms with van der Waals surface area (Å²) in [5.41, 5.74) is 2.11. The predicted molar refractivity (Wildman–Crippen MR) is 152 cm³/mol. The molecule has 2 heterocycles. The van der Waals surface area contributed by atoms with Crippen LogP contribution in [0.4, 0.5) is 0 Å². The van der Waals surface area contributed by atoms with Crippen molar-refractivity contribution in [2.45, 2.75) is 39.5 Å². The van der Waals surface area contributed by atoms with Gasteiger partial charge in [-0.15, -0.1) is 0 Å². The average molecular weight is 586 g/mol. The zero-order valence-electron chi connectivity index (χ0n) is 21.2. The summed E-state index contributed by atoms with van der Waals surface area (Å²) in [5, 5.41) is 15.5. The van der Waals surface area contributed by atoms with Crippen LogP contribution in [0, 0.1) is 5.41 Å². The molecule has 10 heteroatoms. The van der Waals surface area contributed by atoms with E-state index in [1.165, 1.54) is 22.3 Å². The number of hydrogen-bond donors (Lipinski definition) is 1. The first kappa shape index (κ1) is 26.9. The van der Waals surface area contributed by atoms with Crippen LogP contribution in [0.5, 0.6) is 17.2 Å². The van der Waals surface area contributed by atoms with Gasteiger partial charge in [0.1, 0.15) is 24.0 Å². The minimum Gasteiger partial charge on any atom is -0.493 e. The summed E-state index contributed by atoms with van der Waals surface area (Å²) in [6.07, 6.45) is 3.42. The van der Waals surface area contributed by atoms with E-state index in [2.05, 4.69) is 52.0 Å². The first-order valence-corrected chi connectivity index (χ1v) is 13.7. The maximum Gasteiger partial charge on any atom is 0.283 e. The highest BCUT2D eigenvalue weighted by atomic mass is 79.9. The number of benzene rings is 2. The second-order valence-corrected chi connectivity index (χ2v) is 10.4. The van der Waals surface area contributed by atoms with E-state index in [1.54, 1.807) is 25.3 Å². The van der Waals surface area contributed by atoms with Crippen LogP contribution < -0.4 is 14.2 Å². The minimum absolute atomic E-state index is 0.00398. The maximum absolute atomic E-state index is 12.6. The third-order valence-electron chi connectivity index (χ3n) is 6.02. The van der Waals surface area contributed by atoms with E-state index < -0.39 is 5.91 Å². The van der Waals surface area contributed by atoms with Crippen molar-refractivity contribution in [1.82, 2.24) is 5.01 Å². The summed E-state index contributed by atoms with van der Waals surface area (Å²) >= 11 is 4.86. The van der Waals surface area contributed by atoms with Crippen LogP contribution in [0.3, 0.4) is 0 Å². The average Bonchev–Trinajstić information content (AvgIpc) is 3.32. The Balaban J connectivity index is 1.43. The van der Waals surface area contributed by atoms with Crippen molar-refractivity contribution < 1.29 is 19.0 Å². The number of halogens is 1. The van der Waals surface area contributed by atoms with Gasteiger partial charge in [-0.25, -0.2) is 0 Å². The van der Waals surface area contributed by atoms with Crippen molar-refractivity contribution in [3.8, 4) is 17.2 Å². The quantitative estimate of drug-likeness (QED) is 0.254. The Morgan fingerprint density at radius 1 is 1.16 bits per heavy atom. The molecule has 0 bridgehead atoms. The van der Waals surface area contributed by atoms with Crippen LogP contribution in [0.25, 0.3) is 6.08 Å². The third kappa shape index (κ3) is 6.07. The Kier molecular flexibility index (Phi) is 8.71. The van der Waals surface area contributed by atoms with Gasteiger partial charge in [0.15, 0.2) is 17.3 Å². The molecule has 1 N–H and O–H groups in total. The molecule has 194 valence electrons. The van der Waals surface area contributed by atoms with E-state index in [0.717, 1.165) is 17.2 Å². The zero-order chi connectivity index (χ0) is 26.5. The minimum atomic E-state index is -0.471. The van der Waals surface area contributed by atoms with E-state index in [-0.39, 0.29) is 11.4 Å². The zero-order valence-corrected chi connectivity index (χ0v) is 23.6. The van der Waals surface area contributed by atoms with E-state index in [9.17, 15) is 4.79 Å². The number of hydrazone groups is 1. The van der Waals surface area contributed by atoms with Crippen molar-refractivity contribution >= 4 is 55.7 Å². The molecule has 1 unspecified atom stereocenters. The molecule has 2 aromatic carbocycles. The van der Waals surface area contributed by atoms with Gasteiger partial charge in [-0.1, -0.05) is 32.9 Å². The molecule has 0 saturated carbocycles. The molecule has 1 atom stereocenters. The van der Waals surface area contributed by atoms with Gasteiger partial charge in [0.25, 0.3) is 5.91 Å².